The number of benzene rings is 3. The Morgan fingerprint density at radius 1 is 1.11 bits per heavy atom. The van der Waals surface area contributed by atoms with E-state index < -0.39 is 0 Å². The summed E-state index contributed by atoms with van der Waals surface area (Å²) in [5.41, 5.74) is 6.15. The van der Waals surface area contributed by atoms with Gasteiger partial charge in [0.05, 0.1) is 16.7 Å². The summed E-state index contributed by atoms with van der Waals surface area (Å²) in [6.07, 6.45) is 8.11. The number of nitrogens with zero attached hydrogens (tertiary/aromatic N) is 5. The van der Waals surface area contributed by atoms with Crippen LogP contribution in [0.5, 0.6) is 0 Å². The maximum Gasteiger partial charge on any atom is 0.143 e. The zero-order chi connectivity index (χ0) is 25.8. The second-order valence-corrected chi connectivity index (χ2v) is 9.11. The standard InChI is InChI=1S/C29H24ClFN6/c1-3-21(25-16-22(30)11-14-28(25)37-18-32-35-36-37)10-9-19(2)24(15-20-7-5-4-6-8-20)29-33-26-13-12-23(31)17-27(26)34-29/h3-14,16-18,24H,1,15H2,2H3,(H,33,34)/b19-9+,21-10+/t24-/m1/s1. The topological polar surface area (TPSA) is 72.3 Å². The Morgan fingerprint density at radius 2 is 1.95 bits per heavy atom. The van der Waals surface area contributed by atoms with Crippen LogP contribution in [-0.2, 0) is 6.42 Å². The first kappa shape index (κ1) is 24.3. The minimum absolute atomic E-state index is 0.0569. The molecule has 0 saturated heterocycles. The van der Waals surface area contributed by atoms with Gasteiger partial charge in [-0.15, -0.1) is 5.10 Å². The summed E-state index contributed by atoms with van der Waals surface area (Å²) in [6, 6.07) is 20.4. The molecule has 0 aliphatic rings. The van der Waals surface area contributed by atoms with Crippen molar-refractivity contribution in [2.75, 3.05) is 0 Å². The van der Waals surface area contributed by atoms with Gasteiger partial charge in [0, 0.05) is 16.5 Å². The molecule has 3 aromatic carbocycles. The Hall–Kier alpha value is -4.36. The molecule has 0 fully saturated rings. The highest BCUT2D eigenvalue weighted by Crippen LogP contribution is 2.31. The summed E-state index contributed by atoms with van der Waals surface area (Å²) in [4.78, 5) is 8.12. The van der Waals surface area contributed by atoms with E-state index in [4.69, 9.17) is 16.6 Å². The van der Waals surface area contributed by atoms with Crippen LogP contribution in [0.25, 0.3) is 22.3 Å². The van der Waals surface area contributed by atoms with E-state index in [1.54, 1.807) is 22.9 Å². The highest BCUT2D eigenvalue weighted by atomic mass is 35.5. The average Bonchev–Trinajstić information content (AvgIpc) is 3.58. The molecule has 0 amide bonds. The first-order chi connectivity index (χ1) is 18.0. The van der Waals surface area contributed by atoms with Crippen LogP contribution in [0, 0.1) is 5.82 Å². The fourth-order valence-electron chi connectivity index (χ4n) is 4.31. The van der Waals surface area contributed by atoms with Gasteiger partial charge in [-0.3, -0.25) is 0 Å². The fraction of sp³-hybridized carbons (Fsp3) is 0.103. The minimum atomic E-state index is -0.298. The maximum absolute atomic E-state index is 13.8. The Balaban J connectivity index is 1.56. The molecule has 0 bridgehead atoms. The number of hydrogen-bond acceptors (Lipinski definition) is 4. The molecular formula is C29H24ClFN6. The summed E-state index contributed by atoms with van der Waals surface area (Å²) >= 11 is 6.34. The van der Waals surface area contributed by atoms with Gasteiger partial charge in [-0.2, -0.15) is 4.68 Å². The predicted molar refractivity (Wildman–Crippen MR) is 145 cm³/mol. The van der Waals surface area contributed by atoms with Gasteiger partial charge in [0.15, 0.2) is 0 Å². The second-order valence-electron chi connectivity index (χ2n) is 8.68. The van der Waals surface area contributed by atoms with Gasteiger partial charge >= 0.3 is 0 Å². The van der Waals surface area contributed by atoms with E-state index >= 15 is 0 Å². The SMILES string of the molecule is C=C/C(=C\C=C(/C)[C@@H](Cc1ccccc1)c1nc2ccc(F)cc2[nH]1)c1cc(Cl)ccc1-n1cnnn1. The molecule has 2 heterocycles. The van der Waals surface area contributed by atoms with E-state index in [0.29, 0.717) is 10.5 Å². The molecule has 5 aromatic rings. The molecule has 0 saturated carbocycles. The van der Waals surface area contributed by atoms with Crippen LogP contribution in [-0.4, -0.2) is 30.2 Å². The van der Waals surface area contributed by atoms with E-state index in [1.807, 2.05) is 36.4 Å². The van der Waals surface area contributed by atoms with Crippen LogP contribution in [0.15, 0.2) is 103 Å². The van der Waals surface area contributed by atoms with E-state index in [-0.39, 0.29) is 11.7 Å². The molecule has 184 valence electrons. The summed E-state index contributed by atoms with van der Waals surface area (Å²) in [5.74, 6) is 0.426. The number of allylic oxidation sites excluding steroid dienone is 5. The summed E-state index contributed by atoms with van der Waals surface area (Å²) in [7, 11) is 0. The number of fused-ring (bicyclic) bond motifs is 1. The Bertz CT molecular complexity index is 1600. The van der Waals surface area contributed by atoms with Gasteiger partial charge in [0.1, 0.15) is 18.0 Å². The van der Waals surface area contributed by atoms with Crippen molar-refractivity contribution in [2.24, 2.45) is 0 Å². The molecule has 1 N–H and O–H groups in total. The number of aromatic amines is 1. The van der Waals surface area contributed by atoms with Gasteiger partial charge < -0.3 is 4.98 Å². The average molecular weight is 511 g/mol. The lowest BCUT2D eigenvalue weighted by atomic mass is 9.91. The van der Waals surface area contributed by atoms with Crippen LogP contribution >= 0.6 is 11.6 Å². The lowest BCUT2D eigenvalue weighted by Crippen LogP contribution is -2.07. The number of imidazole rings is 1. The van der Waals surface area contributed by atoms with Crippen molar-refractivity contribution in [1.82, 2.24) is 30.2 Å². The number of tetrazole rings is 1. The lowest BCUT2D eigenvalue weighted by molar-refractivity contribution is 0.629. The van der Waals surface area contributed by atoms with E-state index in [0.717, 1.165) is 40.2 Å². The molecule has 0 radical (unpaired) electrons. The normalized spacial score (nSPS) is 13.2. The molecule has 0 spiro atoms. The highest BCUT2D eigenvalue weighted by Gasteiger charge is 2.19. The molecule has 5 rings (SSSR count). The van der Waals surface area contributed by atoms with Gasteiger partial charge in [0.2, 0.25) is 0 Å². The van der Waals surface area contributed by atoms with E-state index in [1.165, 1.54) is 24.0 Å². The Kier molecular flexibility index (Phi) is 7.05. The van der Waals surface area contributed by atoms with Crippen LogP contribution in [0.1, 0.15) is 29.8 Å². The molecule has 8 heteroatoms. The van der Waals surface area contributed by atoms with Crippen molar-refractivity contribution >= 4 is 28.2 Å². The van der Waals surface area contributed by atoms with Crippen molar-refractivity contribution in [2.45, 2.75) is 19.3 Å². The van der Waals surface area contributed by atoms with Crippen molar-refractivity contribution in [3.8, 4) is 5.69 Å². The second kappa shape index (κ2) is 10.7. The Morgan fingerprint density at radius 3 is 2.70 bits per heavy atom. The van der Waals surface area contributed by atoms with Gasteiger partial charge in [-0.05, 0) is 71.3 Å². The third-order valence-corrected chi connectivity index (χ3v) is 6.47. The third-order valence-electron chi connectivity index (χ3n) is 6.24. The van der Waals surface area contributed by atoms with Crippen LogP contribution < -0.4 is 0 Å². The van der Waals surface area contributed by atoms with Gasteiger partial charge in [0.25, 0.3) is 0 Å². The van der Waals surface area contributed by atoms with Gasteiger partial charge in [-0.25, -0.2) is 9.37 Å². The minimum Gasteiger partial charge on any atom is -0.341 e. The molecule has 37 heavy (non-hydrogen) atoms. The van der Waals surface area contributed by atoms with Crippen molar-refractivity contribution < 1.29 is 4.39 Å². The predicted octanol–water partition coefficient (Wildman–Crippen LogP) is 6.87. The number of H-pyrrole nitrogens is 1. The van der Waals surface area contributed by atoms with E-state index in [2.05, 4.69) is 52.2 Å². The van der Waals surface area contributed by atoms with Crippen LogP contribution in [0.2, 0.25) is 5.02 Å². The number of halogens is 2. The Labute approximate surface area is 218 Å². The highest BCUT2D eigenvalue weighted by molar-refractivity contribution is 6.30. The first-order valence-corrected chi connectivity index (χ1v) is 12.1. The monoisotopic (exact) mass is 510 g/mol. The first-order valence-electron chi connectivity index (χ1n) is 11.7. The molecule has 2 aromatic heterocycles. The number of hydrogen-bond donors (Lipinski definition) is 1. The van der Waals surface area contributed by atoms with Crippen molar-refractivity contribution in [1.29, 1.82) is 0 Å². The van der Waals surface area contributed by atoms with Gasteiger partial charge in [-0.1, -0.05) is 72.3 Å². The lowest BCUT2D eigenvalue weighted by Gasteiger charge is -2.16. The van der Waals surface area contributed by atoms with E-state index in [9.17, 15) is 4.39 Å². The summed E-state index contributed by atoms with van der Waals surface area (Å²) < 4.78 is 15.4. The molecule has 1 atom stereocenters. The zero-order valence-electron chi connectivity index (χ0n) is 20.1. The maximum atomic E-state index is 13.8. The largest absolute Gasteiger partial charge is 0.341 e. The fourth-order valence-corrected chi connectivity index (χ4v) is 4.48. The van der Waals surface area contributed by atoms with Crippen LogP contribution in [0.4, 0.5) is 4.39 Å². The number of nitrogens with one attached hydrogen (secondary N) is 1. The number of rotatable bonds is 8. The quantitative estimate of drug-likeness (QED) is 0.231. The smallest absolute Gasteiger partial charge is 0.143 e. The molecule has 0 unspecified atom stereocenters. The van der Waals surface area contributed by atoms with Crippen molar-refractivity contribution in [3.63, 3.8) is 0 Å². The number of aromatic nitrogens is 6. The summed E-state index contributed by atoms with van der Waals surface area (Å²) in [5, 5.41) is 12.1. The molecular weight excluding hydrogens is 487 g/mol. The summed E-state index contributed by atoms with van der Waals surface area (Å²) in [6.45, 7) is 6.09. The molecule has 0 aliphatic heterocycles. The van der Waals surface area contributed by atoms with Crippen molar-refractivity contribution in [3.05, 3.63) is 131 Å². The zero-order valence-corrected chi connectivity index (χ0v) is 20.9. The van der Waals surface area contributed by atoms with Crippen LogP contribution in [0.3, 0.4) is 0 Å². The third kappa shape index (κ3) is 5.42. The molecule has 0 aliphatic carbocycles. The molecule has 6 nitrogen and oxygen atoms in total.